The summed E-state index contributed by atoms with van der Waals surface area (Å²) in [6.07, 6.45) is 4.75. The number of piperazine rings is 1. The SMILES string of the molecule is Cc1cccc(Cc2cnc(NC(=O)CN3CCN(C(=O)C4CC4)CC3)s2)c1. The van der Waals surface area contributed by atoms with E-state index in [4.69, 9.17) is 0 Å². The van der Waals surface area contributed by atoms with Crippen molar-refractivity contribution in [3.8, 4) is 0 Å². The van der Waals surface area contributed by atoms with Crippen LogP contribution in [0.3, 0.4) is 0 Å². The molecule has 7 heteroatoms. The monoisotopic (exact) mass is 398 g/mol. The second-order valence-corrected chi connectivity index (χ2v) is 8.84. The number of anilines is 1. The molecule has 2 aromatic rings. The van der Waals surface area contributed by atoms with Gasteiger partial charge in [-0.05, 0) is 25.3 Å². The van der Waals surface area contributed by atoms with Gasteiger partial charge in [0.15, 0.2) is 5.13 Å². The van der Waals surface area contributed by atoms with E-state index in [-0.39, 0.29) is 11.8 Å². The Balaban J connectivity index is 1.23. The maximum Gasteiger partial charge on any atom is 0.240 e. The molecule has 148 valence electrons. The first kappa shape index (κ1) is 19.1. The molecule has 1 N–H and O–H groups in total. The molecule has 0 unspecified atom stereocenters. The number of thiazole rings is 1. The predicted octanol–water partition coefficient (Wildman–Crippen LogP) is 2.54. The van der Waals surface area contributed by atoms with E-state index in [0.29, 0.717) is 17.6 Å². The highest BCUT2D eigenvalue weighted by Gasteiger charge is 2.34. The lowest BCUT2D eigenvalue weighted by atomic mass is 10.1. The summed E-state index contributed by atoms with van der Waals surface area (Å²) in [5, 5.41) is 3.56. The summed E-state index contributed by atoms with van der Waals surface area (Å²) in [7, 11) is 0. The molecule has 2 fully saturated rings. The van der Waals surface area contributed by atoms with E-state index >= 15 is 0 Å². The van der Waals surface area contributed by atoms with Gasteiger partial charge in [-0.1, -0.05) is 29.8 Å². The summed E-state index contributed by atoms with van der Waals surface area (Å²) in [5.74, 6) is 0.528. The fourth-order valence-corrected chi connectivity index (χ4v) is 4.41. The lowest BCUT2D eigenvalue weighted by Gasteiger charge is -2.34. The lowest BCUT2D eigenvalue weighted by Crippen LogP contribution is -2.50. The van der Waals surface area contributed by atoms with Gasteiger partial charge in [-0.25, -0.2) is 4.98 Å². The number of rotatable bonds is 6. The minimum absolute atomic E-state index is 0.0431. The third kappa shape index (κ3) is 4.97. The van der Waals surface area contributed by atoms with Gasteiger partial charge in [-0.2, -0.15) is 0 Å². The molecule has 0 spiro atoms. The molecule has 2 heterocycles. The summed E-state index contributed by atoms with van der Waals surface area (Å²) >= 11 is 1.52. The molecule has 1 aliphatic heterocycles. The maximum absolute atomic E-state index is 12.4. The normalized spacial score (nSPS) is 17.5. The molecule has 2 amide bonds. The highest BCUT2D eigenvalue weighted by atomic mass is 32.1. The molecule has 1 aromatic carbocycles. The van der Waals surface area contributed by atoms with E-state index in [1.807, 2.05) is 11.1 Å². The van der Waals surface area contributed by atoms with Crippen molar-refractivity contribution in [3.63, 3.8) is 0 Å². The van der Waals surface area contributed by atoms with Gasteiger partial charge in [-0.3, -0.25) is 14.5 Å². The topological polar surface area (TPSA) is 65.5 Å². The second-order valence-electron chi connectivity index (χ2n) is 7.72. The van der Waals surface area contributed by atoms with Crippen LogP contribution in [0.1, 0.15) is 28.8 Å². The summed E-state index contributed by atoms with van der Waals surface area (Å²) in [6, 6.07) is 8.43. The Morgan fingerprint density at radius 1 is 1.21 bits per heavy atom. The first-order valence-electron chi connectivity index (χ1n) is 9.88. The number of amides is 2. The summed E-state index contributed by atoms with van der Waals surface area (Å²) in [5.41, 5.74) is 2.50. The molecular formula is C21H26N4O2S. The molecule has 28 heavy (non-hydrogen) atoms. The summed E-state index contributed by atoms with van der Waals surface area (Å²) < 4.78 is 0. The predicted molar refractivity (Wildman–Crippen MR) is 110 cm³/mol. The zero-order valence-corrected chi connectivity index (χ0v) is 17.0. The average Bonchev–Trinajstić information content (AvgIpc) is 3.43. The van der Waals surface area contributed by atoms with Crippen molar-refractivity contribution in [3.05, 3.63) is 46.5 Å². The molecule has 4 rings (SSSR count). The van der Waals surface area contributed by atoms with Gasteiger partial charge in [0.05, 0.1) is 6.54 Å². The van der Waals surface area contributed by atoms with Crippen LogP contribution in [0.25, 0.3) is 0 Å². The van der Waals surface area contributed by atoms with Gasteiger partial charge < -0.3 is 10.2 Å². The van der Waals surface area contributed by atoms with Crippen molar-refractivity contribution in [1.29, 1.82) is 0 Å². The van der Waals surface area contributed by atoms with E-state index in [1.54, 1.807) is 0 Å². The van der Waals surface area contributed by atoms with Gasteiger partial charge in [-0.15, -0.1) is 11.3 Å². The fourth-order valence-electron chi connectivity index (χ4n) is 3.55. The van der Waals surface area contributed by atoms with Gasteiger partial charge >= 0.3 is 0 Å². The highest BCUT2D eigenvalue weighted by molar-refractivity contribution is 7.15. The Kier molecular flexibility index (Phi) is 5.73. The molecule has 2 aliphatic rings. The Labute approximate surface area is 169 Å². The molecular weight excluding hydrogens is 372 g/mol. The van der Waals surface area contributed by atoms with Crippen LogP contribution in [0.15, 0.2) is 30.5 Å². The Morgan fingerprint density at radius 3 is 2.71 bits per heavy atom. The van der Waals surface area contributed by atoms with Crippen molar-refractivity contribution in [1.82, 2.24) is 14.8 Å². The summed E-state index contributed by atoms with van der Waals surface area (Å²) in [4.78, 5) is 34.0. The zero-order chi connectivity index (χ0) is 19.5. The standard InChI is InChI=1S/C21H26N4O2S/c1-15-3-2-4-16(11-15)12-18-13-22-21(28-18)23-19(26)14-24-7-9-25(10-8-24)20(27)17-5-6-17/h2-4,11,13,17H,5-10,12,14H2,1H3,(H,22,23,26). The largest absolute Gasteiger partial charge is 0.340 e. The first-order valence-corrected chi connectivity index (χ1v) is 10.7. The van der Waals surface area contributed by atoms with Crippen molar-refractivity contribution in [2.45, 2.75) is 26.2 Å². The number of aryl methyl sites for hydroxylation is 1. The molecule has 1 aliphatic carbocycles. The lowest BCUT2D eigenvalue weighted by molar-refractivity contribution is -0.134. The number of carbonyl (C=O) groups excluding carboxylic acids is 2. The third-order valence-electron chi connectivity index (χ3n) is 5.24. The molecule has 6 nitrogen and oxygen atoms in total. The average molecular weight is 399 g/mol. The van der Waals surface area contributed by atoms with E-state index < -0.39 is 0 Å². The second kappa shape index (κ2) is 8.41. The number of aromatic nitrogens is 1. The quantitative estimate of drug-likeness (QED) is 0.812. The number of nitrogens with one attached hydrogen (secondary N) is 1. The minimum atomic E-state index is -0.0431. The van der Waals surface area contributed by atoms with Gasteiger partial charge in [0.1, 0.15) is 0 Å². The maximum atomic E-state index is 12.4. The Hall–Kier alpha value is -2.25. The fraction of sp³-hybridized carbons (Fsp3) is 0.476. The minimum Gasteiger partial charge on any atom is -0.340 e. The van der Waals surface area contributed by atoms with Gasteiger partial charge in [0, 0.05) is 49.6 Å². The summed E-state index contributed by atoms with van der Waals surface area (Å²) in [6.45, 7) is 5.38. The Morgan fingerprint density at radius 2 is 2.00 bits per heavy atom. The van der Waals surface area contributed by atoms with E-state index in [9.17, 15) is 9.59 Å². The van der Waals surface area contributed by atoms with Crippen LogP contribution in [-0.4, -0.2) is 59.3 Å². The van der Waals surface area contributed by atoms with Gasteiger partial charge in [0.25, 0.3) is 0 Å². The molecule has 0 bridgehead atoms. The first-order chi connectivity index (χ1) is 13.6. The van der Waals surface area contributed by atoms with E-state index in [2.05, 4.69) is 46.4 Å². The number of hydrogen-bond acceptors (Lipinski definition) is 5. The number of carbonyl (C=O) groups is 2. The van der Waals surface area contributed by atoms with Crippen LogP contribution in [0, 0.1) is 12.8 Å². The van der Waals surface area contributed by atoms with Crippen LogP contribution in [0.2, 0.25) is 0 Å². The van der Waals surface area contributed by atoms with Crippen molar-refractivity contribution in [2.24, 2.45) is 5.92 Å². The molecule has 1 saturated carbocycles. The highest BCUT2D eigenvalue weighted by Crippen LogP contribution is 2.31. The van der Waals surface area contributed by atoms with Crippen LogP contribution in [0.4, 0.5) is 5.13 Å². The van der Waals surface area contributed by atoms with Crippen molar-refractivity contribution < 1.29 is 9.59 Å². The van der Waals surface area contributed by atoms with Crippen LogP contribution in [-0.2, 0) is 16.0 Å². The van der Waals surface area contributed by atoms with Crippen molar-refractivity contribution >= 4 is 28.3 Å². The number of benzene rings is 1. The van der Waals surface area contributed by atoms with E-state index in [0.717, 1.165) is 50.3 Å². The molecule has 0 radical (unpaired) electrons. The van der Waals surface area contributed by atoms with Crippen LogP contribution in [0.5, 0.6) is 0 Å². The van der Waals surface area contributed by atoms with Crippen LogP contribution >= 0.6 is 11.3 Å². The zero-order valence-electron chi connectivity index (χ0n) is 16.2. The number of hydrogen-bond donors (Lipinski definition) is 1. The Bertz CT molecular complexity index is 854. The van der Waals surface area contributed by atoms with E-state index in [1.165, 1.54) is 22.5 Å². The molecule has 1 saturated heterocycles. The number of nitrogens with zero attached hydrogens (tertiary/aromatic N) is 3. The van der Waals surface area contributed by atoms with Gasteiger partial charge in [0.2, 0.25) is 11.8 Å². The molecule has 1 aromatic heterocycles. The van der Waals surface area contributed by atoms with Crippen LogP contribution < -0.4 is 5.32 Å². The van der Waals surface area contributed by atoms with Crippen molar-refractivity contribution in [2.75, 3.05) is 38.0 Å². The third-order valence-corrected chi connectivity index (χ3v) is 6.15. The molecule has 0 atom stereocenters. The smallest absolute Gasteiger partial charge is 0.240 e.